The Balaban J connectivity index is 2.51. The molecular weight excluding hydrogens is 162 g/mol. The van der Waals surface area contributed by atoms with Gasteiger partial charge in [-0.05, 0) is 24.6 Å². The average molecular weight is 170 g/mol. The molecule has 1 aromatic carbocycles. The minimum Gasteiger partial charge on any atom is -0.368 e. The fraction of sp³-hybridized carbons (Fsp3) is 0.333. The summed E-state index contributed by atoms with van der Waals surface area (Å²) < 4.78 is 31.0. The van der Waals surface area contributed by atoms with Crippen molar-refractivity contribution in [3.8, 4) is 0 Å². The number of benzene rings is 1. The molecule has 0 N–H and O–H groups in total. The molecule has 1 nitrogen and oxygen atoms in total. The molecule has 0 radical (unpaired) electrons. The van der Waals surface area contributed by atoms with Gasteiger partial charge in [-0.1, -0.05) is 0 Å². The van der Waals surface area contributed by atoms with Crippen molar-refractivity contribution in [2.75, 3.05) is 6.61 Å². The molecule has 1 aliphatic rings. The monoisotopic (exact) mass is 170 g/mol. The first-order valence-electron chi connectivity index (χ1n) is 3.75. The molecule has 12 heavy (non-hydrogen) atoms. The van der Waals surface area contributed by atoms with Gasteiger partial charge < -0.3 is 4.74 Å². The fourth-order valence-corrected chi connectivity index (χ4v) is 1.23. The largest absolute Gasteiger partial charge is 0.368 e. The summed E-state index contributed by atoms with van der Waals surface area (Å²) in [5, 5.41) is 0. The third-order valence-electron chi connectivity index (χ3n) is 1.88. The van der Waals surface area contributed by atoms with Crippen LogP contribution in [0.15, 0.2) is 12.1 Å². The van der Waals surface area contributed by atoms with Crippen LogP contribution in [0.1, 0.15) is 17.2 Å². The van der Waals surface area contributed by atoms with Crippen LogP contribution in [-0.4, -0.2) is 6.61 Å². The van der Waals surface area contributed by atoms with E-state index in [1.165, 1.54) is 12.1 Å². The van der Waals surface area contributed by atoms with Crippen LogP contribution in [0.3, 0.4) is 0 Å². The molecule has 0 spiro atoms. The summed E-state index contributed by atoms with van der Waals surface area (Å²) in [7, 11) is 0. The van der Waals surface area contributed by atoms with Crippen LogP contribution in [0.25, 0.3) is 0 Å². The van der Waals surface area contributed by atoms with E-state index in [9.17, 15) is 8.78 Å². The van der Waals surface area contributed by atoms with Crippen molar-refractivity contribution in [1.82, 2.24) is 0 Å². The molecule has 0 aliphatic carbocycles. The van der Waals surface area contributed by atoms with E-state index in [1.54, 1.807) is 6.92 Å². The van der Waals surface area contributed by atoms with Crippen molar-refractivity contribution in [2.24, 2.45) is 0 Å². The first kappa shape index (κ1) is 7.68. The normalized spacial score (nSPS) is 21.1. The molecule has 1 heterocycles. The highest BCUT2D eigenvalue weighted by molar-refractivity contribution is 5.28. The van der Waals surface area contributed by atoms with Crippen LogP contribution in [-0.2, 0) is 4.74 Å². The SMILES string of the molecule is Cc1cc(F)c([C@@H]2CO2)c(F)c1. The standard InChI is InChI=1S/C9H8F2O/c1-5-2-6(10)9(7(11)3-5)8-4-12-8/h2-3,8H,4H2,1H3/t8-/m0/s1. The van der Waals surface area contributed by atoms with E-state index in [0.717, 1.165) is 0 Å². The van der Waals surface area contributed by atoms with Crippen molar-refractivity contribution in [3.05, 3.63) is 34.9 Å². The number of aryl methyl sites for hydroxylation is 1. The van der Waals surface area contributed by atoms with Crippen molar-refractivity contribution < 1.29 is 13.5 Å². The van der Waals surface area contributed by atoms with Crippen LogP contribution >= 0.6 is 0 Å². The summed E-state index contributed by atoms with van der Waals surface area (Å²) in [6.45, 7) is 2.08. The van der Waals surface area contributed by atoms with Crippen molar-refractivity contribution in [3.63, 3.8) is 0 Å². The average Bonchev–Trinajstić information content (AvgIpc) is 2.68. The van der Waals surface area contributed by atoms with E-state index in [-0.39, 0.29) is 11.7 Å². The lowest BCUT2D eigenvalue weighted by atomic mass is 10.1. The molecule has 1 fully saturated rings. The van der Waals surface area contributed by atoms with E-state index in [4.69, 9.17) is 4.74 Å². The van der Waals surface area contributed by atoms with Gasteiger partial charge in [-0.25, -0.2) is 8.78 Å². The van der Waals surface area contributed by atoms with Crippen LogP contribution in [0.2, 0.25) is 0 Å². The second-order valence-corrected chi connectivity index (χ2v) is 2.96. The highest BCUT2D eigenvalue weighted by atomic mass is 19.1. The molecule has 1 aliphatic heterocycles. The van der Waals surface area contributed by atoms with Gasteiger partial charge in [-0.15, -0.1) is 0 Å². The topological polar surface area (TPSA) is 12.5 Å². The summed E-state index contributed by atoms with van der Waals surface area (Å²) in [6, 6.07) is 2.64. The van der Waals surface area contributed by atoms with E-state index in [2.05, 4.69) is 0 Å². The Morgan fingerprint density at radius 2 is 1.83 bits per heavy atom. The van der Waals surface area contributed by atoms with Crippen molar-refractivity contribution in [2.45, 2.75) is 13.0 Å². The maximum atomic E-state index is 13.1. The Kier molecular flexibility index (Phi) is 1.61. The molecule has 1 aromatic rings. The molecule has 0 aromatic heterocycles. The lowest BCUT2D eigenvalue weighted by Crippen LogP contribution is -1.94. The third-order valence-corrected chi connectivity index (χ3v) is 1.88. The second-order valence-electron chi connectivity index (χ2n) is 2.96. The molecule has 0 amide bonds. The molecule has 0 bridgehead atoms. The number of hydrogen-bond donors (Lipinski definition) is 0. The predicted octanol–water partition coefficient (Wildman–Crippen LogP) is 2.34. The zero-order valence-corrected chi connectivity index (χ0v) is 6.60. The Bertz CT molecular complexity index is 295. The zero-order chi connectivity index (χ0) is 8.72. The van der Waals surface area contributed by atoms with Crippen LogP contribution < -0.4 is 0 Å². The van der Waals surface area contributed by atoms with Gasteiger partial charge in [0.15, 0.2) is 0 Å². The zero-order valence-electron chi connectivity index (χ0n) is 6.60. The number of epoxide rings is 1. The lowest BCUT2D eigenvalue weighted by molar-refractivity contribution is 0.397. The molecule has 1 saturated heterocycles. The van der Waals surface area contributed by atoms with Gasteiger partial charge in [0.05, 0.1) is 12.2 Å². The first-order chi connectivity index (χ1) is 5.68. The summed E-state index contributed by atoms with van der Waals surface area (Å²) >= 11 is 0. The maximum absolute atomic E-state index is 13.1. The summed E-state index contributed by atoms with van der Waals surface area (Å²) in [5.41, 5.74) is 0.662. The predicted molar refractivity (Wildman–Crippen MR) is 39.8 cm³/mol. The van der Waals surface area contributed by atoms with Gasteiger partial charge in [-0.2, -0.15) is 0 Å². The van der Waals surface area contributed by atoms with Gasteiger partial charge >= 0.3 is 0 Å². The molecule has 0 saturated carbocycles. The molecule has 3 heteroatoms. The van der Waals surface area contributed by atoms with Crippen LogP contribution in [0.5, 0.6) is 0 Å². The molecule has 1 atom stereocenters. The Morgan fingerprint density at radius 1 is 1.33 bits per heavy atom. The van der Waals surface area contributed by atoms with Crippen LogP contribution in [0, 0.1) is 18.6 Å². The second kappa shape index (κ2) is 2.52. The summed E-state index contributed by atoms with van der Waals surface area (Å²) in [5.74, 6) is -1.01. The maximum Gasteiger partial charge on any atom is 0.132 e. The minimum atomic E-state index is -0.505. The van der Waals surface area contributed by atoms with E-state index < -0.39 is 11.6 Å². The number of ether oxygens (including phenoxy) is 1. The third kappa shape index (κ3) is 1.20. The molecule has 0 unspecified atom stereocenters. The van der Waals surface area contributed by atoms with Gasteiger partial charge in [0.2, 0.25) is 0 Å². The highest BCUT2D eigenvalue weighted by Crippen LogP contribution is 2.33. The smallest absolute Gasteiger partial charge is 0.132 e. The quantitative estimate of drug-likeness (QED) is 0.589. The van der Waals surface area contributed by atoms with E-state index >= 15 is 0 Å². The Hall–Kier alpha value is -0.960. The van der Waals surface area contributed by atoms with E-state index in [1.807, 2.05) is 0 Å². The number of hydrogen-bond acceptors (Lipinski definition) is 1. The summed E-state index contributed by atoms with van der Waals surface area (Å²) in [4.78, 5) is 0. The van der Waals surface area contributed by atoms with Crippen molar-refractivity contribution >= 4 is 0 Å². The summed E-state index contributed by atoms with van der Waals surface area (Å²) in [6.07, 6.45) is -0.356. The Labute approximate surface area is 69.0 Å². The van der Waals surface area contributed by atoms with Gasteiger partial charge in [0, 0.05) is 0 Å². The van der Waals surface area contributed by atoms with Gasteiger partial charge in [-0.3, -0.25) is 0 Å². The lowest BCUT2D eigenvalue weighted by Gasteiger charge is -2.01. The number of halogens is 2. The van der Waals surface area contributed by atoms with E-state index in [0.29, 0.717) is 12.2 Å². The number of rotatable bonds is 1. The highest BCUT2D eigenvalue weighted by Gasteiger charge is 2.31. The van der Waals surface area contributed by atoms with Crippen molar-refractivity contribution in [1.29, 1.82) is 0 Å². The van der Waals surface area contributed by atoms with Crippen LogP contribution in [0.4, 0.5) is 8.78 Å². The molecule has 2 rings (SSSR count). The first-order valence-corrected chi connectivity index (χ1v) is 3.75. The molecule has 64 valence electrons. The van der Waals surface area contributed by atoms with Gasteiger partial charge in [0.1, 0.15) is 17.7 Å². The fourth-order valence-electron chi connectivity index (χ4n) is 1.23. The Morgan fingerprint density at radius 3 is 2.25 bits per heavy atom. The minimum absolute atomic E-state index is 0.0700. The van der Waals surface area contributed by atoms with Gasteiger partial charge in [0.25, 0.3) is 0 Å². The molecular formula is C9H8F2O.